The molecule has 0 N–H and O–H groups in total. The molecule has 1 aromatic carbocycles. The summed E-state index contributed by atoms with van der Waals surface area (Å²) in [5.41, 5.74) is 1.24. The van der Waals surface area contributed by atoms with Gasteiger partial charge in [-0.1, -0.05) is 29.3 Å². The van der Waals surface area contributed by atoms with Crippen molar-refractivity contribution in [3.63, 3.8) is 0 Å². The molecular formula is C9H4Cl2N2O. The van der Waals surface area contributed by atoms with Crippen molar-refractivity contribution in [2.75, 3.05) is 0 Å². The zero-order chi connectivity index (χ0) is 10.1. The highest BCUT2D eigenvalue weighted by Gasteiger charge is 2.11. The lowest BCUT2D eigenvalue weighted by Crippen LogP contribution is -1.81. The lowest BCUT2D eigenvalue weighted by molar-refractivity contribution is -0.113. The molecule has 0 saturated carbocycles. The summed E-state index contributed by atoms with van der Waals surface area (Å²) < 4.78 is 0. The van der Waals surface area contributed by atoms with Gasteiger partial charge in [-0.05, 0) is 12.1 Å². The van der Waals surface area contributed by atoms with Gasteiger partial charge in [0.1, 0.15) is 0 Å². The van der Waals surface area contributed by atoms with Crippen LogP contribution < -0.4 is 0 Å². The number of amides is 1. The standard InChI is InChI=1S/C9H4Cl2N2O/c10-6-2-1-5(3-7(6)11)8-4-9(14)13-12-8/h1-4H. The van der Waals surface area contributed by atoms with Crippen LogP contribution in [-0.4, -0.2) is 5.91 Å². The number of nitrogens with zero attached hydrogens (tertiary/aromatic N) is 2. The summed E-state index contributed by atoms with van der Waals surface area (Å²) in [6.45, 7) is 0. The number of carbonyl (C=O) groups is 1. The van der Waals surface area contributed by atoms with Gasteiger partial charge in [-0.15, -0.1) is 10.2 Å². The molecule has 1 aromatic rings. The van der Waals surface area contributed by atoms with E-state index in [0.717, 1.165) is 5.56 Å². The second kappa shape index (κ2) is 3.52. The molecule has 0 saturated heterocycles. The largest absolute Gasteiger partial charge is 0.290 e. The van der Waals surface area contributed by atoms with Gasteiger partial charge in [0, 0.05) is 11.6 Å². The maximum atomic E-state index is 10.8. The van der Waals surface area contributed by atoms with Crippen molar-refractivity contribution in [3.8, 4) is 0 Å². The first-order valence-corrected chi connectivity index (χ1v) is 4.55. The number of rotatable bonds is 1. The van der Waals surface area contributed by atoms with E-state index in [2.05, 4.69) is 10.2 Å². The maximum Gasteiger partial charge on any atom is 0.290 e. The van der Waals surface area contributed by atoms with Crippen LogP contribution in [0.3, 0.4) is 0 Å². The highest BCUT2D eigenvalue weighted by atomic mass is 35.5. The van der Waals surface area contributed by atoms with Crippen LogP contribution in [0, 0.1) is 0 Å². The Bertz CT molecular complexity index is 466. The maximum absolute atomic E-state index is 10.8. The molecule has 0 aromatic heterocycles. The van der Waals surface area contributed by atoms with Crippen molar-refractivity contribution in [1.29, 1.82) is 0 Å². The molecule has 0 unspecified atom stereocenters. The summed E-state index contributed by atoms with van der Waals surface area (Å²) in [5, 5.41) is 7.96. The quantitative estimate of drug-likeness (QED) is 0.725. The molecule has 3 nitrogen and oxygen atoms in total. The van der Waals surface area contributed by atoms with E-state index in [1.165, 1.54) is 6.08 Å². The Kier molecular flexibility index (Phi) is 2.35. The Morgan fingerprint density at radius 2 is 1.86 bits per heavy atom. The number of benzene rings is 1. The van der Waals surface area contributed by atoms with Crippen LogP contribution in [0.2, 0.25) is 10.0 Å². The van der Waals surface area contributed by atoms with Crippen molar-refractivity contribution < 1.29 is 4.79 Å². The molecule has 2 rings (SSSR count). The van der Waals surface area contributed by atoms with Gasteiger partial charge in [-0.25, -0.2) is 0 Å². The fourth-order valence-electron chi connectivity index (χ4n) is 1.07. The monoisotopic (exact) mass is 226 g/mol. The highest BCUT2D eigenvalue weighted by Crippen LogP contribution is 2.28. The molecule has 70 valence electrons. The minimum atomic E-state index is -0.355. The molecule has 1 heterocycles. The van der Waals surface area contributed by atoms with Gasteiger partial charge >= 0.3 is 0 Å². The van der Waals surface area contributed by atoms with Crippen LogP contribution in [0.15, 0.2) is 34.5 Å². The van der Waals surface area contributed by atoms with E-state index in [-0.39, 0.29) is 5.91 Å². The Morgan fingerprint density at radius 1 is 1.07 bits per heavy atom. The minimum Gasteiger partial charge on any atom is -0.266 e. The molecule has 0 spiro atoms. The molecule has 0 atom stereocenters. The van der Waals surface area contributed by atoms with E-state index >= 15 is 0 Å². The molecule has 0 bridgehead atoms. The number of carbonyl (C=O) groups excluding carboxylic acids is 1. The summed E-state index contributed by atoms with van der Waals surface area (Å²) in [5.74, 6) is -0.355. The summed E-state index contributed by atoms with van der Waals surface area (Å²) in [4.78, 5) is 10.8. The average molecular weight is 227 g/mol. The van der Waals surface area contributed by atoms with Gasteiger partial charge in [0.05, 0.1) is 15.7 Å². The summed E-state index contributed by atoms with van der Waals surface area (Å²) in [7, 11) is 0. The van der Waals surface area contributed by atoms with E-state index in [1.54, 1.807) is 18.2 Å². The third-order valence-corrected chi connectivity index (χ3v) is 2.47. The topological polar surface area (TPSA) is 41.8 Å². The van der Waals surface area contributed by atoms with Gasteiger partial charge in [0.2, 0.25) is 0 Å². The Morgan fingerprint density at radius 3 is 2.43 bits per heavy atom. The van der Waals surface area contributed by atoms with Gasteiger partial charge < -0.3 is 0 Å². The highest BCUT2D eigenvalue weighted by molar-refractivity contribution is 6.42. The van der Waals surface area contributed by atoms with E-state index in [1.807, 2.05) is 0 Å². The fourth-order valence-corrected chi connectivity index (χ4v) is 1.37. The first kappa shape index (κ1) is 9.37. The summed E-state index contributed by atoms with van der Waals surface area (Å²) >= 11 is 11.6. The number of azo groups is 1. The van der Waals surface area contributed by atoms with Gasteiger partial charge in [-0.2, -0.15) is 0 Å². The van der Waals surface area contributed by atoms with Crippen LogP contribution >= 0.6 is 23.2 Å². The summed E-state index contributed by atoms with van der Waals surface area (Å²) in [6, 6.07) is 5.03. The normalized spacial score (nSPS) is 14.7. The van der Waals surface area contributed by atoms with Gasteiger partial charge in [-0.3, -0.25) is 4.79 Å². The van der Waals surface area contributed by atoms with Crippen LogP contribution in [-0.2, 0) is 4.79 Å². The molecule has 14 heavy (non-hydrogen) atoms. The molecule has 0 aliphatic carbocycles. The number of halogens is 2. The van der Waals surface area contributed by atoms with Crippen molar-refractivity contribution in [3.05, 3.63) is 39.9 Å². The lowest BCUT2D eigenvalue weighted by Gasteiger charge is -1.99. The van der Waals surface area contributed by atoms with Crippen molar-refractivity contribution in [1.82, 2.24) is 0 Å². The van der Waals surface area contributed by atoms with E-state index < -0.39 is 0 Å². The first-order chi connectivity index (χ1) is 6.66. The molecule has 5 heteroatoms. The van der Waals surface area contributed by atoms with Crippen LogP contribution in [0.5, 0.6) is 0 Å². The molecule has 1 aliphatic rings. The Labute approximate surface area is 90.0 Å². The second-order valence-corrected chi connectivity index (χ2v) is 3.51. The first-order valence-electron chi connectivity index (χ1n) is 3.79. The van der Waals surface area contributed by atoms with Crippen molar-refractivity contribution >= 4 is 34.8 Å². The van der Waals surface area contributed by atoms with Crippen molar-refractivity contribution in [2.45, 2.75) is 0 Å². The molecule has 1 amide bonds. The Balaban J connectivity index is 2.44. The molecule has 0 fully saturated rings. The zero-order valence-electron chi connectivity index (χ0n) is 6.87. The average Bonchev–Trinajstić information content (AvgIpc) is 2.57. The molecule has 0 radical (unpaired) electrons. The van der Waals surface area contributed by atoms with E-state index in [9.17, 15) is 4.79 Å². The predicted octanol–water partition coefficient (Wildman–Crippen LogP) is 3.33. The van der Waals surface area contributed by atoms with Gasteiger partial charge in [0.25, 0.3) is 5.91 Å². The third-order valence-electron chi connectivity index (χ3n) is 1.73. The third kappa shape index (κ3) is 1.69. The fraction of sp³-hybridized carbons (Fsp3) is 0. The number of hydrogen-bond acceptors (Lipinski definition) is 2. The smallest absolute Gasteiger partial charge is 0.266 e. The van der Waals surface area contributed by atoms with E-state index in [0.29, 0.717) is 15.7 Å². The van der Waals surface area contributed by atoms with Gasteiger partial charge in [0.15, 0.2) is 0 Å². The minimum absolute atomic E-state index is 0.355. The lowest BCUT2D eigenvalue weighted by atomic mass is 10.1. The summed E-state index contributed by atoms with van der Waals surface area (Å²) in [6.07, 6.45) is 1.35. The Hall–Kier alpha value is -1.19. The SMILES string of the molecule is O=C1C=C(c2ccc(Cl)c(Cl)c2)N=N1. The molecular weight excluding hydrogens is 223 g/mol. The van der Waals surface area contributed by atoms with Crippen LogP contribution in [0.4, 0.5) is 0 Å². The number of hydrogen-bond donors (Lipinski definition) is 0. The van der Waals surface area contributed by atoms with Crippen LogP contribution in [0.25, 0.3) is 5.70 Å². The van der Waals surface area contributed by atoms with E-state index in [4.69, 9.17) is 23.2 Å². The zero-order valence-corrected chi connectivity index (χ0v) is 8.38. The van der Waals surface area contributed by atoms with Crippen LogP contribution in [0.1, 0.15) is 5.56 Å². The predicted molar refractivity (Wildman–Crippen MR) is 54.3 cm³/mol. The second-order valence-electron chi connectivity index (χ2n) is 2.70. The molecule has 1 aliphatic heterocycles. The van der Waals surface area contributed by atoms with Crippen molar-refractivity contribution in [2.24, 2.45) is 10.2 Å².